The Balaban J connectivity index is 2.36. The van der Waals surface area contributed by atoms with Crippen molar-refractivity contribution in [1.29, 1.82) is 0 Å². The summed E-state index contributed by atoms with van der Waals surface area (Å²) in [5.41, 5.74) is 0.212. The predicted octanol–water partition coefficient (Wildman–Crippen LogP) is 3.02. The standard InChI is InChI=1S/C10H7ClFNOS/c11-9-2-1-8(15-9)10(14)6-3-4-13-5-7(6)12/h1-5,10,14H. The van der Waals surface area contributed by atoms with Crippen molar-refractivity contribution < 1.29 is 9.50 Å². The predicted molar refractivity (Wildman–Crippen MR) is 57.6 cm³/mol. The number of rotatable bonds is 2. The van der Waals surface area contributed by atoms with Crippen LogP contribution in [0.4, 0.5) is 4.39 Å². The highest BCUT2D eigenvalue weighted by molar-refractivity contribution is 7.16. The van der Waals surface area contributed by atoms with Crippen LogP contribution < -0.4 is 0 Å². The topological polar surface area (TPSA) is 33.1 Å². The summed E-state index contributed by atoms with van der Waals surface area (Å²) in [5.74, 6) is -0.519. The van der Waals surface area contributed by atoms with Gasteiger partial charge < -0.3 is 5.11 Å². The highest BCUT2D eigenvalue weighted by Gasteiger charge is 2.16. The van der Waals surface area contributed by atoms with Gasteiger partial charge in [0.05, 0.1) is 10.5 Å². The van der Waals surface area contributed by atoms with Gasteiger partial charge in [-0.3, -0.25) is 4.98 Å². The molecule has 0 aliphatic heterocycles. The van der Waals surface area contributed by atoms with E-state index in [1.54, 1.807) is 12.1 Å². The van der Waals surface area contributed by atoms with Gasteiger partial charge in [-0.05, 0) is 18.2 Å². The smallest absolute Gasteiger partial charge is 0.147 e. The molecular formula is C10H7ClFNOS. The van der Waals surface area contributed by atoms with Crippen LogP contribution >= 0.6 is 22.9 Å². The van der Waals surface area contributed by atoms with Crippen LogP contribution in [0.5, 0.6) is 0 Å². The number of aromatic nitrogens is 1. The molecule has 0 aromatic carbocycles. The second-order valence-electron chi connectivity index (χ2n) is 2.94. The van der Waals surface area contributed by atoms with Gasteiger partial charge in [0, 0.05) is 16.6 Å². The Morgan fingerprint density at radius 1 is 1.40 bits per heavy atom. The molecule has 2 aromatic rings. The van der Waals surface area contributed by atoms with Crippen LogP contribution in [0.1, 0.15) is 16.5 Å². The zero-order valence-electron chi connectivity index (χ0n) is 7.52. The Morgan fingerprint density at radius 3 is 2.80 bits per heavy atom. The van der Waals surface area contributed by atoms with Crippen molar-refractivity contribution in [2.45, 2.75) is 6.10 Å². The summed E-state index contributed by atoms with van der Waals surface area (Å²) in [6.45, 7) is 0. The van der Waals surface area contributed by atoms with E-state index >= 15 is 0 Å². The Bertz CT molecular complexity index is 474. The third kappa shape index (κ3) is 2.17. The van der Waals surface area contributed by atoms with E-state index in [1.807, 2.05) is 0 Å². The first kappa shape index (κ1) is 10.5. The minimum atomic E-state index is -0.981. The van der Waals surface area contributed by atoms with E-state index in [1.165, 1.54) is 23.6 Å². The van der Waals surface area contributed by atoms with E-state index in [0.29, 0.717) is 9.21 Å². The summed E-state index contributed by atoms with van der Waals surface area (Å²) < 4.78 is 13.8. The molecule has 0 fully saturated rings. The largest absolute Gasteiger partial charge is 0.383 e. The first-order valence-electron chi connectivity index (χ1n) is 4.21. The molecule has 2 heterocycles. The first-order chi connectivity index (χ1) is 7.18. The van der Waals surface area contributed by atoms with E-state index in [4.69, 9.17) is 11.6 Å². The molecule has 0 aliphatic rings. The van der Waals surface area contributed by atoms with Gasteiger partial charge in [0.15, 0.2) is 0 Å². The van der Waals surface area contributed by atoms with E-state index in [0.717, 1.165) is 6.20 Å². The Labute approximate surface area is 95.0 Å². The third-order valence-corrected chi connectivity index (χ3v) is 3.25. The number of thiophene rings is 1. The molecule has 2 nitrogen and oxygen atoms in total. The fourth-order valence-corrected chi connectivity index (χ4v) is 2.30. The second-order valence-corrected chi connectivity index (χ2v) is 4.69. The van der Waals surface area contributed by atoms with E-state index in [9.17, 15) is 9.50 Å². The van der Waals surface area contributed by atoms with Gasteiger partial charge >= 0.3 is 0 Å². The minimum Gasteiger partial charge on any atom is -0.383 e. The van der Waals surface area contributed by atoms with Crippen LogP contribution in [0, 0.1) is 5.82 Å². The van der Waals surface area contributed by atoms with E-state index in [-0.39, 0.29) is 5.56 Å². The highest BCUT2D eigenvalue weighted by Crippen LogP contribution is 2.31. The normalized spacial score (nSPS) is 12.7. The second kappa shape index (κ2) is 4.26. The maximum atomic E-state index is 13.3. The summed E-state index contributed by atoms with van der Waals surface area (Å²) in [6, 6.07) is 4.80. The van der Waals surface area contributed by atoms with Crippen LogP contribution in [0.3, 0.4) is 0 Å². The van der Waals surface area contributed by atoms with Gasteiger partial charge in [-0.1, -0.05) is 11.6 Å². The summed E-state index contributed by atoms with van der Waals surface area (Å²) in [7, 11) is 0. The molecule has 0 spiro atoms. The van der Waals surface area contributed by atoms with Crippen molar-refractivity contribution >= 4 is 22.9 Å². The molecule has 2 rings (SSSR count). The fraction of sp³-hybridized carbons (Fsp3) is 0.100. The lowest BCUT2D eigenvalue weighted by Gasteiger charge is -2.08. The van der Waals surface area contributed by atoms with Crippen molar-refractivity contribution in [1.82, 2.24) is 4.98 Å². The SMILES string of the molecule is OC(c1ccc(Cl)s1)c1ccncc1F. The molecule has 0 aliphatic carbocycles. The molecule has 5 heteroatoms. The maximum absolute atomic E-state index is 13.3. The minimum absolute atomic E-state index is 0.212. The van der Waals surface area contributed by atoms with Crippen molar-refractivity contribution in [3.8, 4) is 0 Å². The lowest BCUT2D eigenvalue weighted by atomic mass is 10.1. The fourth-order valence-electron chi connectivity index (χ4n) is 1.24. The molecule has 78 valence electrons. The highest BCUT2D eigenvalue weighted by atomic mass is 35.5. The number of pyridine rings is 1. The van der Waals surface area contributed by atoms with Crippen LogP contribution in [-0.4, -0.2) is 10.1 Å². The van der Waals surface area contributed by atoms with Gasteiger partial charge in [0.1, 0.15) is 11.9 Å². The number of halogens is 2. The van der Waals surface area contributed by atoms with Gasteiger partial charge in [0.25, 0.3) is 0 Å². The zero-order chi connectivity index (χ0) is 10.8. The molecule has 1 atom stereocenters. The summed E-state index contributed by atoms with van der Waals surface area (Å²) in [6.07, 6.45) is 1.54. The number of hydrogen-bond donors (Lipinski definition) is 1. The van der Waals surface area contributed by atoms with Crippen molar-refractivity contribution in [2.24, 2.45) is 0 Å². The van der Waals surface area contributed by atoms with Gasteiger partial charge in [-0.25, -0.2) is 4.39 Å². The lowest BCUT2D eigenvalue weighted by molar-refractivity contribution is 0.218. The van der Waals surface area contributed by atoms with Crippen molar-refractivity contribution in [3.63, 3.8) is 0 Å². The van der Waals surface area contributed by atoms with Gasteiger partial charge in [-0.2, -0.15) is 0 Å². The molecular weight excluding hydrogens is 237 g/mol. The van der Waals surface area contributed by atoms with E-state index in [2.05, 4.69) is 4.98 Å². The summed E-state index contributed by atoms with van der Waals surface area (Å²) in [5, 5.41) is 9.87. The third-order valence-electron chi connectivity index (χ3n) is 1.96. The molecule has 1 unspecified atom stereocenters. The monoisotopic (exact) mass is 243 g/mol. The van der Waals surface area contributed by atoms with Crippen molar-refractivity contribution in [2.75, 3.05) is 0 Å². The Hall–Kier alpha value is -0.970. The van der Waals surface area contributed by atoms with Gasteiger partial charge in [-0.15, -0.1) is 11.3 Å². The number of aliphatic hydroxyl groups excluding tert-OH is 1. The molecule has 0 amide bonds. The molecule has 0 bridgehead atoms. The van der Waals surface area contributed by atoms with Crippen LogP contribution in [-0.2, 0) is 0 Å². The Morgan fingerprint density at radius 2 is 2.20 bits per heavy atom. The van der Waals surface area contributed by atoms with Crippen LogP contribution in [0.25, 0.3) is 0 Å². The summed E-state index contributed by atoms with van der Waals surface area (Å²) >= 11 is 6.96. The molecule has 1 N–H and O–H groups in total. The molecule has 0 radical (unpaired) electrons. The zero-order valence-corrected chi connectivity index (χ0v) is 9.10. The van der Waals surface area contributed by atoms with E-state index < -0.39 is 11.9 Å². The average Bonchev–Trinajstić information content (AvgIpc) is 2.65. The molecule has 2 aromatic heterocycles. The number of hydrogen-bond acceptors (Lipinski definition) is 3. The molecule has 0 saturated carbocycles. The molecule has 0 saturated heterocycles. The van der Waals surface area contributed by atoms with Crippen LogP contribution in [0.15, 0.2) is 30.6 Å². The number of nitrogens with zero attached hydrogens (tertiary/aromatic N) is 1. The lowest BCUT2D eigenvalue weighted by Crippen LogP contribution is -2.00. The first-order valence-corrected chi connectivity index (χ1v) is 5.40. The quantitative estimate of drug-likeness (QED) is 0.880. The maximum Gasteiger partial charge on any atom is 0.147 e. The van der Waals surface area contributed by atoms with Gasteiger partial charge in [0.2, 0.25) is 0 Å². The summed E-state index contributed by atoms with van der Waals surface area (Å²) in [4.78, 5) is 4.23. The van der Waals surface area contributed by atoms with Crippen molar-refractivity contribution in [3.05, 3.63) is 51.2 Å². The molecule has 15 heavy (non-hydrogen) atoms. The Kier molecular flexibility index (Phi) is 3.00. The number of aliphatic hydroxyl groups is 1. The average molecular weight is 244 g/mol. The van der Waals surface area contributed by atoms with Crippen LogP contribution in [0.2, 0.25) is 4.34 Å².